The number of carbonyl (C=O) groups excluding carboxylic acids is 3. The summed E-state index contributed by atoms with van der Waals surface area (Å²) in [7, 11) is 1.47. The average molecular weight is 580 g/mol. The fourth-order valence-corrected chi connectivity index (χ4v) is 4.42. The zero-order valence-corrected chi connectivity index (χ0v) is 23.7. The molecular formula is C29H37N7O6. The van der Waals surface area contributed by atoms with Gasteiger partial charge in [0.2, 0.25) is 11.8 Å². The van der Waals surface area contributed by atoms with Crippen LogP contribution in [-0.4, -0.2) is 89.4 Å². The van der Waals surface area contributed by atoms with E-state index < -0.39 is 35.9 Å². The highest BCUT2D eigenvalue weighted by Gasteiger charge is 2.30. The molecule has 0 saturated carbocycles. The van der Waals surface area contributed by atoms with E-state index in [9.17, 15) is 19.5 Å². The summed E-state index contributed by atoms with van der Waals surface area (Å²) >= 11 is 0. The van der Waals surface area contributed by atoms with Gasteiger partial charge in [0.15, 0.2) is 11.5 Å². The number of hydrogen-bond donors (Lipinski definition) is 5. The smallest absolute Gasteiger partial charge is 0.252 e. The molecule has 2 aliphatic heterocycles. The molecule has 0 saturated heterocycles. The summed E-state index contributed by atoms with van der Waals surface area (Å²) in [5, 5.41) is 30.0. The Morgan fingerprint density at radius 1 is 1.07 bits per heavy atom. The number of carbonyl (C=O) groups is 3. The first-order valence-electron chi connectivity index (χ1n) is 13.9. The van der Waals surface area contributed by atoms with Gasteiger partial charge < -0.3 is 35.8 Å². The second kappa shape index (κ2) is 14.9. The molecule has 3 amide bonds. The zero-order valence-electron chi connectivity index (χ0n) is 23.7. The fraction of sp³-hybridized carbons (Fsp3) is 0.414. The van der Waals surface area contributed by atoms with Crippen LogP contribution >= 0.6 is 0 Å². The third kappa shape index (κ3) is 8.51. The molecule has 0 aliphatic carbocycles. The Balaban J connectivity index is 1.58. The third-order valence-corrected chi connectivity index (χ3v) is 6.72. The summed E-state index contributed by atoms with van der Waals surface area (Å²) in [4.78, 5) is 39.7. The number of benzene rings is 2. The number of rotatable bonds is 4. The zero-order chi connectivity index (χ0) is 29.9. The first kappa shape index (κ1) is 30.5. The van der Waals surface area contributed by atoms with Crippen LogP contribution in [0.4, 0.5) is 0 Å². The van der Waals surface area contributed by atoms with Crippen molar-refractivity contribution in [3.63, 3.8) is 0 Å². The van der Waals surface area contributed by atoms with Gasteiger partial charge in [-0.2, -0.15) is 0 Å². The van der Waals surface area contributed by atoms with E-state index in [1.54, 1.807) is 16.8 Å². The standard InChI is InChI=1S/C29H37N7O6/c1-19(37)26-29(40)31-13-12-30-11-10-22-18-36(35-34-22)14-15-42-24-9-8-21(17-25(24)41-2)27(38)32-23(28(39)33-26)16-20-6-4-3-5-7-20/h3-9,17-19,23,26,30,37H,10-16H2,1-2H3,(H,31,40)(H,32,38)(H,33,39)/t19-,23-,26+/m1/s1. The number of nitrogens with one attached hydrogen (secondary N) is 4. The molecule has 13 heteroatoms. The first-order chi connectivity index (χ1) is 20.3. The Morgan fingerprint density at radius 3 is 2.64 bits per heavy atom. The van der Waals surface area contributed by atoms with Crippen molar-refractivity contribution in [3.05, 3.63) is 71.5 Å². The quantitative estimate of drug-likeness (QED) is 0.264. The minimum absolute atomic E-state index is 0.165. The minimum atomic E-state index is -1.22. The monoisotopic (exact) mass is 579 g/mol. The lowest BCUT2D eigenvalue weighted by Crippen LogP contribution is -2.58. The molecule has 1 aromatic heterocycles. The highest BCUT2D eigenvalue weighted by Crippen LogP contribution is 2.28. The molecule has 3 aromatic rings. The minimum Gasteiger partial charge on any atom is -0.493 e. The summed E-state index contributed by atoms with van der Waals surface area (Å²) in [6.45, 7) is 3.55. The highest BCUT2D eigenvalue weighted by atomic mass is 16.5. The van der Waals surface area contributed by atoms with Crippen LogP contribution < -0.4 is 30.7 Å². The van der Waals surface area contributed by atoms with Gasteiger partial charge in [0.1, 0.15) is 18.7 Å². The maximum Gasteiger partial charge on any atom is 0.252 e. The van der Waals surface area contributed by atoms with Gasteiger partial charge in [-0.15, -0.1) is 5.10 Å². The van der Waals surface area contributed by atoms with Crippen molar-refractivity contribution in [1.29, 1.82) is 0 Å². The molecule has 0 radical (unpaired) electrons. The molecule has 4 bridgehead atoms. The number of methoxy groups -OCH3 is 1. The van der Waals surface area contributed by atoms with E-state index in [0.29, 0.717) is 44.2 Å². The van der Waals surface area contributed by atoms with Crippen LogP contribution in [0.1, 0.15) is 28.5 Å². The number of hydrogen-bond acceptors (Lipinski definition) is 9. The van der Waals surface area contributed by atoms with Crippen LogP contribution in [0.3, 0.4) is 0 Å². The topological polar surface area (TPSA) is 169 Å². The van der Waals surface area contributed by atoms with Crippen molar-refractivity contribution >= 4 is 17.7 Å². The molecule has 2 aliphatic rings. The number of nitrogens with zero attached hydrogens (tertiary/aromatic N) is 3. The van der Waals surface area contributed by atoms with Crippen LogP contribution in [0.2, 0.25) is 0 Å². The van der Waals surface area contributed by atoms with Crippen molar-refractivity contribution in [2.45, 2.75) is 44.5 Å². The van der Waals surface area contributed by atoms with Crippen LogP contribution in [-0.2, 0) is 29.0 Å². The lowest BCUT2D eigenvalue weighted by molar-refractivity contribution is -0.132. The number of fused-ring (bicyclic) bond motifs is 16. The van der Waals surface area contributed by atoms with Crippen LogP contribution in [0.25, 0.3) is 0 Å². The van der Waals surface area contributed by atoms with Gasteiger partial charge in [-0.25, -0.2) is 4.68 Å². The van der Waals surface area contributed by atoms with Gasteiger partial charge in [-0.05, 0) is 30.7 Å². The maximum absolute atomic E-state index is 13.4. The summed E-state index contributed by atoms with van der Waals surface area (Å²) < 4.78 is 13.0. The van der Waals surface area contributed by atoms with Gasteiger partial charge in [0.25, 0.3) is 5.91 Å². The Morgan fingerprint density at radius 2 is 1.88 bits per heavy atom. The summed E-state index contributed by atoms with van der Waals surface area (Å²) in [6, 6.07) is 11.7. The molecular weight excluding hydrogens is 542 g/mol. The summed E-state index contributed by atoms with van der Waals surface area (Å²) in [5.41, 5.74) is 1.86. The second-order valence-electron chi connectivity index (χ2n) is 9.92. The number of ether oxygens (including phenoxy) is 2. The predicted octanol–water partition coefficient (Wildman–Crippen LogP) is -0.166. The average Bonchev–Trinajstić information content (AvgIpc) is 3.44. The fourth-order valence-electron chi connectivity index (χ4n) is 4.42. The lowest BCUT2D eigenvalue weighted by atomic mass is 10.0. The number of aliphatic hydroxyl groups is 1. The van der Waals surface area contributed by atoms with E-state index in [1.807, 2.05) is 36.5 Å². The maximum atomic E-state index is 13.4. The lowest BCUT2D eigenvalue weighted by Gasteiger charge is -2.25. The van der Waals surface area contributed by atoms with Crippen molar-refractivity contribution in [2.75, 3.05) is 33.4 Å². The van der Waals surface area contributed by atoms with E-state index in [4.69, 9.17) is 9.47 Å². The normalized spacial score (nSPS) is 20.0. The Bertz CT molecular complexity index is 1350. The molecule has 5 rings (SSSR count). The molecule has 0 spiro atoms. The SMILES string of the molecule is COc1cc2ccc1OCCn1cc(nn1)CCNCCNC(=O)[C@H]([C@@H](C)O)NC(=O)[C@@H](Cc1ccccc1)NC2=O. The number of amides is 3. The summed E-state index contributed by atoms with van der Waals surface area (Å²) in [5.74, 6) is -0.869. The molecule has 0 fully saturated rings. The van der Waals surface area contributed by atoms with Crippen molar-refractivity contribution in [2.24, 2.45) is 0 Å². The van der Waals surface area contributed by atoms with E-state index >= 15 is 0 Å². The predicted molar refractivity (Wildman–Crippen MR) is 153 cm³/mol. The van der Waals surface area contributed by atoms with E-state index in [1.165, 1.54) is 20.1 Å². The first-order valence-corrected chi connectivity index (χ1v) is 13.9. The molecule has 3 heterocycles. The molecule has 42 heavy (non-hydrogen) atoms. The molecule has 224 valence electrons. The van der Waals surface area contributed by atoms with Gasteiger partial charge >= 0.3 is 0 Å². The van der Waals surface area contributed by atoms with E-state index in [0.717, 1.165) is 11.3 Å². The summed E-state index contributed by atoms with van der Waals surface area (Å²) in [6.07, 6.45) is 1.47. The number of aliphatic hydroxyl groups excluding tert-OH is 1. The third-order valence-electron chi connectivity index (χ3n) is 6.72. The highest BCUT2D eigenvalue weighted by molar-refractivity contribution is 5.99. The number of aromatic nitrogens is 3. The van der Waals surface area contributed by atoms with Crippen molar-refractivity contribution in [3.8, 4) is 11.5 Å². The van der Waals surface area contributed by atoms with Gasteiger partial charge in [-0.1, -0.05) is 35.5 Å². The molecule has 2 aromatic carbocycles. The largest absolute Gasteiger partial charge is 0.493 e. The Kier molecular flexibility index (Phi) is 10.8. The van der Waals surface area contributed by atoms with Crippen molar-refractivity contribution < 1.29 is 29.0 Å². The van der Waals surface area contributed by atoms with E-state index in [-0.39, 0.29) is 18.5 Å². The van der Waals surface area contributed by atoms with E-state index in [2.05, 4.69) is 31.6 Å². The second-order valence-corrected chi connectivity index (χ2v) is 9.92. The Labute approximate surface area is 244 Å². The van der Waals surface area contributed by atoms with Crippen LogP contribution in [0.5, 0.6) is 11.5 Å². The van der Waals surface area contributed by atoms with Gasteiger partial charge in [-0.3, -0.25) is 14.4 Å². The Hall–Kier alpha value is -4.49. The molecule has 0 unspecified atom stereocenters. The van der Waals surface area contributed by atoms with Crippen molar-refractivity contribution in [1.82, 2.24) is 36.3 Å². The molecule has 3 atom stereocenters. The van der Waals surface area contributed by atoms with Gasteiger partial charge in [0, 0.05) is 44.2 Å². The van der Waals surface area contributed by atoms with Crippen LogP contribution in [0, 0.1) is 0 Å². The van der Waals surface area contributed by atoms with Crippen LogP contribution in [0.15, 0.2) is 54.7 Å². The van der Waals surface area contributed by atoms with Gasteiger partial charge in [0.05, 0.1) is 25.5 Å². The molecule has 13 nitrogen and oxygen atoms in total. The molecule has 5 N–H and O–H groups in total.